The number of carboxylic acid groups (broad SMARTS) is 1. The van der Waals surface area contributed by atoms with Crippen LogP contribution >= 0.6 is 0 Å². The molecule has 1 aromatic rings. The molecule has 0 fully saturated rings. The molecule has 0 saturated heterocycles. The summed E-state index contributed by atoms with van der Waals surface area (Å²) in [5.41, 5.74) is 0.297. The molecule has 0 aromatic heterocycles. The van der Waals surface area contributed by atoms with Gasteiger partial charge in [0.05, 0.1) is 24.5 Å². The summed E-state index contributed by atoms with van der Waals surface area (Å²) in [5, 5.41) is 8.87. The van der Waals surface area contributed by atoms with E-state index >= 15 is 0 Å². The first-order valence-electron chi connectivity index (χ1n) is 7.03. The quantitative estimate of drug-likeness (QED) is 0.672. The second-order valence-electron chi connectivity index (χ2n) is 4.35. The zero-order chi connectivity index (χ0) is 15.7. The Balaban J connectivity index is 2.82. The minimum atomic E-state index is -1.14. The van der Waals surface area contributed by atoms with Gasteiger partial charge in [0, 0.05) is 26.3 Å². The fourth-order valence-electron chi connectivity index (χ4n) is 1.89. The van der Waals surface area contributed by atoms with Gasteiger partial charge in [-0.3, -0.25) is 0 Å². The Morgan fingerprint density at radius 3 is 2.19 bits per heavy atom. The molecule has 0 aliphatic rings. The molecule has 1 rings (SSSR count). The largest absolute Gasteiger partial charge is 0.478 e. The first-order valence-corrected chi connectivity index (χ1v) is 7.03. The standard InChI is InChI=1S/C15H22FNO4/c1-3-20-9-7-17(8-10-21-4-2)14-6-5-12(15(18)19)11-13(14)16/h5-6,11H,3-4,7-10H2,1-2H3,(H,18,19). The topological polar surface area (TPSA) is 59.0 Å². The van der Waals surface area contributed by atoms with E-state index in [0.29, 0.717) is 45.2 Å². The average molecular weight is 299 g/mol. The van der Waals surface area contributed by atoms with Crippen LogP contribution in [0.15, 0.2) is 18.2 Å². The van der Waals surface area contributed by atoms with Crippen LogP contribution in [0.5, 0.6) is 0 Å². The van der Waals surface area contributed by atoms with Gasteiger partial charge >= 0.3 is 5.97 Å². The molecule has 6 heteroatoms. The first-order chi connectivity index (χ1) is 10.1. The lowest BCUT2D eigenvalue weighted by Crippen LogP contribution is -2.32. The van der Waals surface area contributed by atoms with Crippen molar-refractivity contribution in [2.45, 2.75) is 13.8 Å². The molecular formula is C15H22FNO4. The van der Waals surface area contributed by atoms with Gasteiger partial charge in [-0.2, -0.15) is 0 Å². The smallest absolute Gasteiger partial charge is 0.335 e. The van der Waals surface area contributed by atoms with E-state index in [1.54, 1.807) is 4.90 Å². The number of halogens is 1. The second-order valence-corrected chi connectivity index (χ2v) is 4.35. The van der Waals surface area contributed by atoms with Gasteiger partial charge < -0.3 is 19.5 Å². The first kappa shape index (κ1) is 17.4. The number of carboxylic acids is 1. The van der Waals surface area contributed by atoms with E-state index in [-0.39, 0.29) is 5.56 Å². The van der Waals surface area contributed by atoms with Crippen LogP contribution in [0.1, 0.15) is 24.2 Å². The fourth-order valence-corrected chi connectivity index (χ4v) is 1.89. The van der Waals surface area contributed by atoms with E-state index in [2.05, 4.69) is 0 Å². The number of rotatable bonds is 10. The van der Waals surface area contributed by atoms with Crippen molar-refractivity contribution in [1.29, 1.82) is 0 Å². The monoisotopic (exact) mass is 299 g/mol. The molecule has 118 valence electrons. The molecule has 1 aromatic carbocycles. The Bertz CT molecular complexity index is 443. The molecular weight excluding hydrogens is 277 g/mol. The van der Waals surface area contributed by atoms with Crippen molar-refractivity contribution in [3.8, 4) is 0 Å². The number of anilines is 1. The van der Waals surface area contributed by atoms with Crippen molar-refractivity contribution in [2.75, 3.05) is 44.4 Å². The van der Waals surface area contributed by atoms with E-state index in [4.69, 9.17) is 14.6 Å². The highest BCUT2D eigenvalue weighted by Gasteiger charge is 2.14. The summed E-state index contributed by atoms with van der Waals surface area (Å²) in [5.74, 6) is -1.70. The molecule has 0 aliphatic heterocycles. The van der Waals surface area contributed by atoms with Crippen molar-refractivity contribution in [1.82, 2.24) is 0 Å². The Morgan fingerprint density at radius 2 is 1.76 bits per heavy atom. The highest BCUT2D eigenvalue weighted by Crippen LogP contribution is 2.20. The SMILES string of the molecule is CCOCCN(CCOCC)c1ccc(C(=O)O)cc1F. The maximum absolute atomic E-state index is 14.1. The number of carbonyl (C=O) groups is 1. The summed E-state index contributed by atoms with van der Waals surface area (Å²) in [7, 11) is 0. The summed E-state index contributed by atoms with van der Waals surface area (Å²) in [6, 6.07) is 3.91. The lowest BCUT2D eigenvalue weighted by atomic mass is 10.2. The van der Waals surface area contributed by atoms with Gasteiger partial charge in [-0.15, -0.1) is 0 Å². The summed E-state index contributed by atoms with van der Waals surface area (Å²) >= 11 is 0. The third-order valence-electron chi connectivity index (χ3n) is 2.95. The summed E-state index contributed by atoms with van der Waals surface area (Å²) in [6.45, 7) is 6.97. The lowest BCUT2D eigenvalue weighted by Gasteiger charge is -2.25. The van der Waals surface area contributed by atoms with Gasteiger partial charge in [0.1, 0.15) is 5.82 Å². The molecule has 0 amide bonds. The fraction of sp³-hybridized carbons (Fsp3) is 0.533. The van der Waals surface area contributed by atoms with E-state index < -0.39 is 11.8 Å². The number of hydrogen-bond acceptors (Lipinski definition) is 4. The lowest BCUT2D eigenvalue weighted by molar-refractivity contribution is 0.0696. The number of nitrogens with zero attached hydrogens (tertiary/aromatic N) is 1. The third-order valence-corrected chi connectivity index (χ3v) is 2.95. The maximum Gasteiger partial charge on any atom is 0.335 e. The highest BCUT2D eigenvalue weighted by molar-refractivity contribution is 5.88. The summed E-state index contributed by atoms with van der Waals surface area (Å²) in [6.07, 6.45) is 0. The molecule has 0 unspecified atom stereocenters. The minimum Gasteiger partial charge on any atom is -0.478 e. The second kappa shape index (κ2) is 9.31. The van der Waals surface area contributed by atoms with Crippen molar-refractivity contribution in [3.63, 3.8) is 0 Å². The Kier molecular flexibility index (Phi) is 7.71. The van der Waals surface area contributed by atoms with Gasteiger partial charge in [-0.05, 0) is 32.0 Å². The van der Waals surface area contributed by atoms with Crippen LogP contribution in [0.2, 0.25) is 0 Å². The van der Waals surface area contributed by atoms with Crippen molar-refractivity contribution >= 4 is 11.7 Å². The van der Waals surface area contributed by atoms with Gasteiger partial charge in [-0.1, -0.05) is 0 Å². The van der Waals surface area contributed by atoms with Crippen molar-refractivity contribution in [2.24, 2.45) is 0 Å². The van der Waals surface area contributed by atoms with E-state index in [1.165, 1.54) is 12.1 Å². The molecule has 1 N–H and O–H groups in total. The van der Waals surface area contributed by atoms with Crippen molar-refractivity contribution < 1.29 is 23.8 Å². The van der Waals surface area contributed by atoms with Gasteiger partial charge in [0.25, 0.3) is 0 Å². The van der Waals surface area contributed by atoms with Crippen LogP contribution in [0.25, 0.3) is 0 Å². The predicted octanol–water partition coefficient (Wildman–Crippen LogP) is 2.40. The van der Waals surface area contributed by atoms with Crippen LogP contribution in [-0.2, 0) is 9.47 Å². The summed E-state index contributed by atoms with van der Waals surface area (Å²) in [4.78, 5) is 12.6. The molecule has 0 aliphatic carbocycles. The molecule has 0 atom stereocenters. The zero-order valence-electron chi connectivity index (χ0n) is 12.5. The molecule has 21 heavy (non-hydrogen) atoms. The van der Waals surface area contributed by atoms with Gasteiger partial charge in [0.2, 0.25) is 0 Å². The molecule has 0 saturated carbocycles. The van der Waals surface area contributed by atoms with E-state index in [0.717, 1.165) is 6.07 Å². The molecule has 0 spiro atoms. The highest BCUT2D eigenvalue weighted by atomic mass is 19.1. The molecule has 0 heterocycles. The van der Waals surface area contributed by atoms with Crippen LogP contribution in [-0.4, -0.2) is 50.6 Å². The maximum atomic E-state index is 14.1. The van der Waals surface area contributed by atoms with Crippen LogP contribution < -0.4 is 4.90 Å². The molecule has 5 nitrogen and oxygen atoms in total. The Hall–Kier alpha value is -1.66. The summed E-state index contributed by atoms with van der Waals surface area (Å²) < 4.78 is 24.7. The zero-order valence-corrected chi connectivity index (χ0v) is 12.5. The average Bonchev–Trinajstić information content (AvgIpc) is 2.46. The number of ether oxygens (including phenoxy) is 2. The van der Waals surface area contributed by atoms with E-state index in [9.17, 15) is 9.18 Å². The van der Waals surface area contributed by atoms with Gasteiger partial charge in [-0.25, -0.2) is 9.18 Å². The predicted molar refractivity (Wildman–Crippen MR) is 78.6 cm³/mol. The van der Waals surface area contributed by atoms with Crippen molar-refractivity contribution in [3.05, 3.63) is 29.6 Å². The van der Waals surface area contributed by atoms with E-state index in [1.807, 2.05) is 13.8 Å². The molecule has 0 radical (unpaired) electrons. The number of aromatic carboxylic acids is 1. The molecule has 0 bridgehead atoms. The normalized spacial score (nSPS) is 10.6. The van der Waals surface area contributed by atoms with Crippen LogP contribution in [0.4, 0.5) is 10.1 Å². The van der Waals surface area contributed by atoms with Crippen LogP contribution in [0.3, 0.4) is 0 Å². The number of hydrogen-bond donors (Lipinski definition) is 1. The van der Waals surface area contributed by atoms with Crippen LogP contribution in [0, 0.1) is 5.82 Å². The Morgan fingerprint density at radius 1 is 1.19 bits per heavy atom. The third kappa shape index (κ3) is 5.69. The Labute approximate surface area is 124 Å². The number of benzene rings is 1. The van der Waals surface area contributed by atoms with Gasteiger partial charge in [0.15, 0.2) is 0 Å². The minimum absolute atomic E-state index is 0.0641.